The van der Waals surface area contributed by atoms with E-state index in [1.807, 2.05) is 36.4 Å². The lowest BCUT2D eigenvalue weighted by Gasteiger charge is -2.09. The topological polar surface area (TPSA) is 96.2 Å². The summed E-state index contributed by atoms with van der Waals surface area (Å²) in [6, 6.07) is 10.6. The fourth-order valence-corrected chi connectivity index (χ4v) is 3.24. The highest BCUT2D eigenvalue weighted by Crippen LogP contribution is 2.28. The lowest BCUT2D eigenvalue weighted by molar-refractivity contribution is -0.137. The number of hydrogen-bond donors (Lipinski definition) is 3. The van der Waals surface area contributed by atoms with Gasteiger partial charge in [0, 0.05) is 41.1 Å². The van der Waals surface area contributed by atoms with Crippen LogP contribution in [-0.2, 0) is 17.9 Å². The molecule has 0 saturated heterocycles. The Morgan fingerprint density at radius 3 is 2.70 bits per heavy atom. The Morgan fingerprint density at radius 2 is 1.97 bits per heavy atom. The fourth-order valence-electron chi connectivity index (χ4n) is 3.24. The molecule has 3 N–H and O–H groups in total. The molecule has 0 radical (unpaired) electrons. The Kier molecular flexibility index (Phi) is 5.31. The Hall–Kier alpha value is -4.31. The van der Waals surface area contributed by atoms with E-state index in [-0.39, 0.29) is 12.6 Å². The zero-order chi connectivity index (χ0) is 20.9. The molecule has 7 heteroatoms. The maximum absolute atomic E-state index is 12.2. The number of fused-ring (bicyclic) bond motifs is 1. The summed E-state index contributed by atoms with van der Waals surface area (Å²) in [6.45, 7) is 0.205. The van der Waals surface area contributed by atoms with Gasteiger partial charge in [0.25, 0.3) is 0 Å². The van der Waals surface area contributed by atoms with Gasteiger partial charge in [-0.1, -0.05) is 17.5 Å². The van der Waals surface area contributed by atoms with Crippen LogP contribution >= 0.6 is 0 Å². The Labute approximate surface area is 172 Å². The van der Waals surface area contributed by atoms with Crippen molar-refractivity contribution >= 4 is 34.2 Å². The third-order valence-corrected chi connectivity index (χ3v) is 4.58. The van der Waals surface area contributed by atoms with Gasteiger partial charge in [-0.15, -0.1) is 0 Å². The highest BCUT2D eigenvalue weighted by atomic mass is 16.4. The maximum Gasteiger partial charge on any atom is 0.323 e. The predicted octanol–water partition coefficient (Wildman–Crippen LogP) is 3.71. The number of urea groups is 1. The number of hydrogen-bond acceptors (Lipinski definition) is 3. The molecule has 0 spiro atoms. The van der Waals surface area contributed by atoms with Gasteiger partial charge in [0.2, 0.25) is 0 Å². The lowest BCUT2D eigenvalue weighted by Crippen LogP contribution is -2.28. The third kappa shape index (κ3) is 4.23. The van der Waals surface area contributed by atoms with E-state index in [0.29, 0.717) is 12.2 Å². The molecule has 0 saturated carbocycles. The van der Waals surface area contributed by atoms with Crippen molar-refractivity contribution in [1.82, 2.24) is 14.9 Å². The van der Waals surface area contributed by atoms with Crippen molar-refractivity contribution in [3.63, 3.8) is 0 Å². The van der Waals surface area contributed by atoms with Crippen LogP contribution in [0.25, 0.3) is 16.5 Å². The number of allylic oxidation sites excluding steroid dienone is 4. The van der Waals surface area contributed by atoms with E-state index >= 15 is 0 Å². The molecule has 0 fully saturated rings. The van der Waals surface area contributed by atoms with Crippen LogP contribution in [0.3, 0.4) is 0 Å². The van der Waals surface area contributed by atoms with Crippen molar-refractivity contribution in [2.45, 2.75) is 13.1 Å². The molecule has 3 aromatic rings. The zero-order valence-electron chi connectivity index (χ0n) is 15.9. The Balaban J connectivity index is 1.58. The van der Waals surface area contributed by atoms with Crippen molar-refractivity contribution in [3.8, 4) is 0 Å². The second-order valence-corrected chi connectivity index (χ2v) is 6.65. The zero-order valence-corrected chi connectivity index (χ0v) is 15.9. The smallest absolute Gasteiger partial charge is 0.323 e. The maximum atomic E-state index is 12.2. The number of aromatic nitrogens is 2. The normalized spacial score (nSPS) is 12.1. The highest BCUT2D eigenvalue weighted by Gasteiger charge is 2.15. The minimum absolute atomic E-state index is 0.180. The summed E-state index contributed by atoms with van der Waals surface area (Å²) < 4.78 is 1.71. The highest BCUT2D eigenvalue weighted by molar-refractivity contribution is 5.95. The molecule has 2 aromatic heterocycles. The van der Waals surface area contributed by atoms with Crippen LogP contribution in [0.5, 0.6) is 0 Å². The molecule has 30 heavy (non-hydrogen) atoms. The van der Waals surface area contributed by atoms with Crippen LogP contribution in [0.1, 0.15) is 11.3 Å². The first-order chi connectivity index (χ1) is 14.6. The predicted molar refractivity (Wildman–Crippen MR) is 114 cm³/mol. The summed E-state index contributed by atoms with van der Waals surface area (Å²) in [5, 5.41) is 15.8. The van der Waals surface area contributed by atoms with Gasteiger partial charge in [0.05, 0.1) is 5.69 Å². The van der Waals surface area contributed by atoms with Crippen molar-refractivity contribution in [3.05, 3.63) is 89.7 Å². The molecule has 4 rings (SSSR count). The van der Waals surface area contributed by atoms with Crippen molar-refractivity contribution in [1.29, 1.82) is 0 Å². The van der Waals surface area contributed by atoms with Crippen LogP contribution in [0.4, 0.5) is 10.5 Å². The number of aliphatic carboxylic acids is 1. The number of amides is 2. The summed E-state index contributed by atoms with van der Waals surface area (Å²) >= 11 is 0. The fraction of sp³-hybridized carbons (Fsp3) is 0.0870. The summed E-state index contributed by atoms with van der Waals surface area (Å²) in [5.74, 6) is -0.939. The van der Waals surface area contributed by atoms with Crippen molar-refractivity contribution in [2.75, 3.05) is 5.32 Å². The van der Waals surface area contributed by atoms with Gasteiger partial charge in [-0.25, -0.2) is 4.79 Å². The van der Waals surface area contributed by atoms with Crippen LogP contribution in [0.2, 0.25) is 0 Å². The molecule has 0 bridgehead atoms. The minimum atomic E-state index is -0.939. The number of carboxylic acid groups (broad SMARTS) is 1. The monoisotopic (exact) mass is 398 g/mol. The summed E-state index contributed by atoms with van der Waals surface area (Å²) in [4.78, 5) is 27.6. The molecule has 0 aliphatic heterocycles. The molecule has 7 nitrogen and oxygen atoms in total. The van der Waals surface area contributed by atoms with Crippen molar-refractivity contribution in [2.24, 2.45) is 0 Å². The van der Waals surface area contributed by atoms with Gasteiger partial charge >= 0.3 is 12.0 Å². The number of pyridine rings is 1. The number of carbonyl (C=O) groups is 2. The molecule has 1 aliphatic carbocycles. The molecule has 0 atom stereocenters. The van der Waals surface area contributed by atoms with Gasteiger partial charge in [0.15, 0.2) is 0 Å². The van der Waals surface area contributed by atoms with Gasteiger partial charge in [-0.3, -0.25) is 9.78 Å². The molecule has 1 aliphatic rings. The van der Waals surface area contributed by atoms with Gasteiger partial charge in [0.1, 0.15) is 6.54 Å². The van der Waals surface area contributed by atoms with Crippen LogP contribution in [0, 0.1) is 0 Å². The number of carbonyl (C=O) groups excluding carboxylic acids is 1. The first-order valence-electron chi connectivity index (χ1n) is 9.28. The summed E-state index contributed by atoms with van der Waals surface area (Å²) in [7, 11) is 0. The van der Waals surface area contributed by atoms with Gasteiger partial charge in [-0.2, -0.15) is 0 Å². The number of benzene rings is 1. The molecular weight excluding hydrogens is 380 g/mol. The summed E-state index contributed by atoms with van der Waals surface area (Å²) in [6.07, 6.45) is 8.76. The molecular formula is C23H18N4O3. The second-order valence-electron chi connectivity index (χ2n) is 6.65. The molecule has 1 aromatic carbocycles. The standard InChI is InChI=1S/C23H18N4O3/c28-22(29)15-27-20-7-6-19(26-23(30)25-14-16-8-10-24-11-9-16)12-18(20)13-21(27)17-4-2-1-3-5-17/h1-2,4,6-13H,14-15H2,(H,28,29)(H2,25,26,30). The average Bonchev–Trinajstić information content (AvgIpc) is 3.10. The van der Waals surface area contributed by atoms with E-state index in [4.69, 9.17) is 0 Å². The van der Waals surface area contributed by atoms with E-state index in [2.05, 4.69) is 27.1 Å². The first kappa shape index (κ1) is 19.0. The average molecular weight is 398 g/mol. The SMILES string of the molecule is O=C(O)Cn1c(C2=C=C=CC=C2)cc2cc(NC(=O)NCc3ccncc3)ccc21. The molecule has 0 unspecified atom stereocenters. The van der Waals surface area contributed by atoms with Crippen LogP contribution < -0.4 is 10.6 Å². The molecule has 148 valence electrons. The van der Waals surface area contributed by atoms with E-state index in [1.54, 1.807) is 35.2 Å². The van der Waals surface area contributed by atoms with Crippen LogP contribution in [0.15, 0.2) is 78.5 Å². The Morgan fingerprint density at radius 1 is 1.13 bits per heavy atom. The largest absolute Gasteiger partial charge is 0.480 e. The number of nitrogens with one attached hydrogen (secondary N) is 2. The lowest BCUT2D eigenvalue weighted by atomic mass is 10.1. The third-order valence-electron chi connectivity index (χ3n) is 4.58. The van der Waals surface area contributed by atoms with Crippen molar-refractivity contribution < 1.29 is 14.7 Å². The van der Waals surface area contributed by atoms with Gasteiger partial charge < -0.3 is 20.3 Å². The quantitative estimate of drug-likeness (QED) is 0.552. The number of carboxylic acids is 1. The summed E-state index contributed by atoms with van der Waals surface area (Å²) in [5.41, 5.74) is 9.70. The van der Waals surface area contributed by atoms with E-state index in [1.165, 1.54) is 0 Å². The van der Waals surface area contributed by atoms with E-state index in [0.717, 1.165) is 27.7 Å². The van der Waals surface area contributed by atoms with E-state index in [9.17, 15) is 14.7 Å². The van der Waals surface area contributed by atoms with Crippen LogP contribution in [-0.4, -0.2) is 26.7 Å². The molecule has 2 heterocycles. The molecule has 2 amide bonds. The first-order valence-corrected chi connectivity index (χ1v) is 9.28. The van der Waals surface area contributed by atoms with Gasteiger partial charge in [-0.05, 0) is 54.1 Å². The Bertz CT molecular complexity index is 1260. The minimum Gasteiger partial charge on any atom is -0.480 e. The van der Waals surface area contributed by atoms with E-state index < -0.39 is 5.97 Å². The second kappa shape index (κ2) is 8.37. The number of anilines is 1. The number of rotatable bonds is 6. The number of nitrogens with zero attached hydrogens (tertiary/aromatic N) is 2.